The highest BCUT2D eigenvalue weighted by atomic mass is 16.2. The number of amides is 2. The molecule has 0 radical (unpaired) electrons. The van der Waals surface area contributed by atoms with E-state index in [1.165, 1.54) is 6.92 Å². The van der Waals surface area contributed by atoms with E-state index in [1.807, 2.05) is 56.3 Å². The van der Waals surface area contributed by atoms with Gasteiger partial charge in [-0.15, -0.1) is 0 Å². The molecule has 0 bridgehead atoms. The fourth-order valence-corrected chi connectivity index (χ4v) is 2.33. The van der Waals surface area contributed by atoms with Crippen LogP contribution < -0.4 is 16.0 Å². The molecule has 0 aliphatic rings. The first-order valence-electron chi connectivity index (χ1n) is 7.93. The predicted molar refractivity (Wildman–Crippen MR) is 98.4 cm³/mol. The molecule has 0 fully saturated rings. The Labute approximate surface area is 142 Å². The minimum atomic E-state index is -0.111. The normalized spacial score (nSPS) is 10.1. The number of hydrogen-bond acceptors (Lipinski definition) is 3. The number of carbonyl (C=O) groups excluding carboxylic acids is 2. The van der Waals surface area contributed by atoms with E-state index in [0.29, 0.717) is 13.0 Å². The number of benzene rings is 2. The lowest BCUT2D eigenvalue weighted by Gasteiger charge is -2.11. The van der Waals surface area contributed by atoms with Gasteiger partial charge in [0, 0.05) is 37.0 Å². The predicted octanol–water partition coefficient (Wildman–Crippen LogP) is 3.70. The Balaban J connectivity index is 1.84. The average Bonchev–Trinajstić information content (AvgIpc) is 2.51. The van der Waals surface area contributed by atoms with E-state index in [4.69, 9.17) is 0 Å². The zero-order chi connectivity index (χ0) is 17.5. The summed E-state index contributed by atoms with van der Waals surface area (Å²) in [5, 5.41) is 8.86. The molecule has 0 aromatic heterocycles. The van der Waals surface area contributed by atoms with Crippen LogP contribution in [-0.4, -0.2) is 18.4 Å². The Bertz CT molecular complexity index is 741. The van der Waals surface area contributed by atoms with Gasteiger partial charge in [-0.25, -0.2) is 0 Å². The van der Waals surface area contributed by atoms with Crippen LogP contribution in [0.25, 0.3) is 0 Å². The van der Waals surface area contributed by atoms with Crippen LogP contribution >= 0.6 is 0 Å². The molecule has 0 aliphatic carbocycles. The second-order valence-corrected chi connectivity index (χ2v) is 5.73. The first-order valence-corrected chi connectivity index (χ1v) is 7.93. The largest absolute Gasteiger partial charge is 0.384 e. The van der Waals surface area contributed by atoms with Crippen molar-refractivity contribution < 1.29 is 9.59 Å². The molecule has 2 aromatic rings. The number of aryl methyl sites for hydroxylation is 1. The third-order valence-corrected chi connectivity index (χ3v) is 3.74. The summed E-state index contributed by atoms with van der Waals surface area (Å²) in [6.07, 6.45) is 0.359. The number of rotatable bonds is 6. The van der Waals surface area contributed by atoms with Crippen molar-refractivity contribution in [1.82, 2.24) is 0 Å². The maximum Gasteiger partial charge on any atom is 0.226 e. The summed E-state index contributed by atoms with van der Waals surface area (Å²) in [7, 11) is 0. The Hall–Kier alpha value is -2.82. The highest BCUT2D eigenvalue weighted by Crippen LogP contribution is 2.18. The summed E-state index contributed by atoms with van der Waals surface area (Å²) in [4.78, 5) is 23.1. The van der Waals surface area contributed by atoms with E-state index in [-0.39, 0.29) is 11.8 Å². The van der Waals surface area contributed by atoms with Gasteiger partial charge in [0.2, 0.25) is 11.8 Å². The summed E-state index contributed by atoms with van der Waals surface area (Å²) >= 11 is 0. The average molecular weight is 325 g/mol. The van der Waals surface area contributed by atoms with E-state index in [1.54, 1.807) is 0 Å². The summed E-state index contributed by atoms with van der Waals surface area (Å²) in [5.74, 6) is -0.144. The molecule has 2 amide bonds. The zero-order valence-corrected chi connectivity index (χ0v) is 14.3. The number of carbonyl (C=O) groups is 2. The standard InChI is InChI=1S/C19H23N3O2/c1-13-6-4-9-18(14(13)2)22-19(24)10-11-20-16-7-5-8-17(12-16)21-15(3)23/h4-9,12,20H,10-11H2,1-3H3,(H,21,23)(H,22,24). The van der Waals surface area contributed by atoms with Crippen molar-refractivity contribution in [3.63, 3.8) is 0 Å². The number of hydrogen-bond donors (Lipinski definition) is 3. The van der Waals surface area contributed by atoms with Gasteiger partial charge in [-0.05, 0) is 49.2 Å². The summed E-state index contributed by atoms with van der Waals surface area (Å²) in [6, 6.07) is 13.3. The summed E-state index contributed by atoms with van der Waals surface area (Å²) < 4.78 is 0. The highest BCUT2D eigenvalue weighted by Gasteiger charge is 2.06. The van der Waals surface area contributed by atoms with Crippen molar-refractivity contribution in [2.24, 2.45) is 0 Å². The molecule has 126 valence electrons. The highest BCUT2D eigenvalue weighted by molar-refractivity contribution is 5.92. The van der Waals surface area contributed by atoms with Gasteiger partial charge in [-0.3, -0.25) is 9.59 Å². The van der Waals surface area contributed by atoms with Crippen molar-refractivity contribution in [3.8, 4) is 0 Å². The van der Waals surface area contributed by atoms with E-state index >= 15 is 0 Å². The molecule has 0 spiro atoms. The molecule has 24 heavy (non-hydrogen) atoms. The van der Waals surface area contributed by atoms with E-state index < -0.39 is 0 Å². The van der Waals surface area contributed by atoms with Gasteiger partial charge in [0.05, 0.1) is 0 Å². The lowest BCUT2D eigenvalue weighted by Crippen LogP contribution is -2.17. The second kappa shape index (κ2) is 8.15. The molecular formula is C19H23N3O2. The van der Waals surface area contributed by atoms with Crippen molar-refractivity contribution in [3.05, 3.63) is 53.6 Å². The monoisotopic (exact) mass is 325 g/mol. The third kappa shape index (κ3) is 5.12. The molecule has 2 aromatic carbocycles. The minimum absolute atomic E-state index is 0.0331. The fourth-order valence-electron chi connectivity index (χ4n) is 2.33. The van der Waals surface area contributed by atoms with Crippen molar-refractivity contribution in [1.29, 1.82) is 0 Å². The van der Waals surface area contributed by atoms with Gasteiger partial charge >= 0.3 is 0 Å². The molecule has 5 nitrogen and oxygen atoms in total. The van der Waals surface area contributed by atoms with Crippen molar-refractivity contribution in [2.45, 2.75) is 27.2 Å². The molecular weight excluding hydrogens is 302 g/mol. The van der Waals surface area contributed by atoms with Crippen LogP contribution in [0.3, 0.4) is 0 Å². The summed E-state index contributed by atoms with van der Waals surface area (Å²) in [5.41, 5.74) is 4.68. The lowest BCUT2D eigenvalue weighted by molar-refractivity contribution is -0.116. The van der Waals surface area contributed by atoms with E-state index in [9.17, 15) is 9.59 Å². The smallest absolute Gasteiger partial charge is 0.226 e. The first-order chi connectivity index (χ1) is 11.5. The SMILES string of the molecule is CC(=O)Nc1cccc(NCCC(=O)Nc2cccc(C)c2C)c1. The van der Waals surface area contributed by atoms with Crippen LogP contribution in [0, 0.1) is 13.8 Å². The van der Waals surface area contributed by atoms with Crippen LogP contribution in [0.4, 0.5) is 17.1 Å². The molecule has 0 heterocycles. The van der Waals surface area contributed by atoms with Crippen LogP contribution in [-0.2, 0) is 9.59 Å². The Morgan fingerprint density at radius 3 is 2.42 bits per heavy atom. The topological polar surface area (TPSA) is 70.2 Å². The van der Waals surface area contributed by atoms with Crippen molar-refractivity contribution >= 4 is 28.9 Å². The Morgan fingerprint density at radius 2 is 1.67 bits per heavy atom. The quantitative estimate of drug-likeness (QED) is 0.758. The molecule has 2 rings (SSSR count). The molecule has 0 atom stereocenters. The minimum Gasteiger partial charge on any atom is -0.384 e. The summed E-state index contributed by atoms with van der Waals surface area (Å²) in [6.45, 7) is 6.00. The fraction of sp³-hybridized carbons (Fsp3) is 0.263. The molecule has 5 heteroatoms. The Kier molecular flexibility index (Phi) is 5.95. The molecule has 0 saturated heterocycles. The van der Waals surface area contributed by atoms with E-state index in [2.05, 4.69) is 16.0 Å². The number of anilines is 3. The van der Waals surface area contributed by atoms with E-state index in [0.717, 1.165) is 28.2 Å². The first kappa shape index (κ1) is 17.5. The van der Waals surface area contributed by atoms with Crippen molar-refractivity contribution in [2.75, 3.05) is 22.5 Å². The third-order valence-electron chi connectivity index (χ3n) is 3.74. The van der Waals surface area contributed by atoms with Gasteiger partial charge in [-0.2, -0.15) is 0 Å². The van der Waals surface area contributed by atoms with Gasteiger partial charge in [-0.1, -0.05) is 18.2 Å². The molecule has 0 saturated carbocycles. The van der Waals surface area contributed by atoms with Crippen LogP contribution in [0.15, 0.2) is 42.5 Å². The van der Waals surface area contributed by atoms with Crippen LogP contribution in [0.2, 0.25) is 0 Å². The zero-order valence-electron chi connectivity index (χ0n) is 14.3. The molecule has 0 unspecified atom stereocenters. The van der Waals surface area contributed by atoms with Gasteiger partial charge < -0.3 is 16.0 Å². The van der Waals surface area contributed by atoms with Crippen LogP contribution in [0.5, 0.6) is 0 Å². The Morgan fingerprint density at radius 1 is 0.958 bits per heavy atom. The van der Waals surface area contributed by atoms with Gasteiger partial charge in [0.25, 0.3) is 0 Å². The number of nitrogens with one attached hydrogen (secondary N) is 3. The van der Waals surface area contributed by atoms with Gasteiger partial charge in [0.1, 0.15) is 0 Å². The maximum absolute atomic E-state index is 12.1. The molecule has 0 aliphatic heterocycles. The second-order valence-electron chi connectivity index (χ2n) is 5.73. The van der Waals surface area contributed by atoms with Crippen LogP contribution in [0.1, 0.15) is 24.5 Å². The maximum atomic E-state index is 12.1. The lowest BCUT2D eigenvalue weighted by atomic mass is 10.1. The molecule has 3 N–H and O–H groups in total. The van der Waals surface area contributed by atoms with Gasteiger partial charge in [0.15, 0.2) is 0 Å².